The van der Waals surface area contributed by atoms with Gasteiger partial charge in [0.1, 0.15) is 0 Å². The first kappa shape index (κ1) is 17.5. The predicted molar refractivity (Wildman–Crippen MR) is 101 cm³/mol. The van der Waals surface area contributed by atoms with Gasteiger partial charge in [-0.25, -0.2) is 0 Å². The van der Waals surface area contributed by atoms with Crippen molar-refractivity contribution in [2.75, 3.05) is 10.6 Å². The van der Waals surface area contributed by atoms with Crippen molar-refractivity contribution in [3.63, 3.8) is 0 Å². The van der Waals surface area contributed by atoms with E-state index in [1.807, 2.05) is 39.0 Å². The van der Waals surface area contributed by atoms with Crippen LogP contribution in [0.4, 0.5) is 11.4 Å². The number of hydrogen-bond donors (Lipinski definition) is 2. The molecule has 2 amide bonds. The molecule has 25 heavy (non-hydrogen) atoms. The highest BCUT2D eigenvalue weighted by molar-refractivity contribution is 6.31. The lowest BCUT2D eigenvalue weighted by molar-refractivity contribution is -0.122. The summed E-state index contributed by atoms with van der Waals surface area (Å²) in [5.41, 5.74) is 4.49. The fraction of sp³-hybridized carbons (Fsp3) is 0.300. The van der Waals surface area contributed by atoms with Gasteiger partial charge >= 0.3 is 0 Å². The zero-order chi connectivity index (χ0) is 18.1. The van der Waals surface area contributed by atoms with E-state index < -0.39 is 0 Å². The molecule has 0 heterocycles. The van der Waals surface area contributed by atoms with E-state index in [4.69, 9.17) is 11.6 Å². The Bertz CT molecular complexity index is 827. The van der Waals surface area contributed by atoms with Crippen molar-refractivity contribution in [1.29, 1.82) is 0 Å². The first-order chi connectivity index (χ1) is 11.8. The lowest BCUT2D eigenvalue weighted by Crippen LogP contribution is -2.21. The summed E-state index contributed by atoms with van der Waals surface area (Å²) < 4.78 is 0. The van der Waals surface area contributed by atoms with Crippen LogP contribution >= 0.6 is 11.6 Å². The van der Waals surface area contributed by atoms with Crippen molar-refractivity contribution >= 4 is 34.8 Å². The summed E-state index contributed by atoms with van der Waals surface area (Å²) in [6.45, 7) is 5.84. The molecule has 2 aromatic rings. The maximum Gasteiger partial charge on any atom is 0.228 e. The molecule has 0 aromatic heterocycles. The molecule has 4 nitrogen and oxygen atoms in total. The van der Waals surface area contributed by atoms with E-state index in [2.05, 4.69) is 16.7 Å². The van der Waals surface area contributed by atoms with Gasteiger partial charge in [0, 0.05) is 16.4 Å². The van der Waals surface area contributed by atoms with Gasteiger partial charge in [-0.3, -0.25) is 9.59 Å². The third kappa shape index (κ3) is 4.02. The molecule has 0 bridgehead atoms. The highest BCUT2D eigenvalue weighted by Gasteiger charge is 2.48. The number of rotatable bonds is 4. The monoisotopic (exact) mass is 356 g/mol. The lowest BCUT2D eigenvalue weighted by Gasteiger charge is -2.10. The van der Waals surface area contributed by atoms with Gasteiger partial charge < -0.3 is 10.6 Å². The molecular formula is C20H21ClN2O2. The van der Waals surface area contributed by atoms with Crippen molar-refractivity contribution < 1.29 is 9.59 Å². The Morgan fingerprint density at radius 2 is 1.56 bits per heavy atom. The third-order valence-corrected chi connectivity index (χ3v) is 4.89. The molecule has 0 saturated heterocycles. The highest BCUT2D eigenvalue weighted by atomic mass is 35.5. The van der Waals surface area contributed by atoms with Gasteiger partial charge in [-0.2, -0.15) is 0 Å². The van der Waals surface area contributed by atoms with Gasteiger partial charge in [0.15, 0.2) is 0 Å². The minimum Gasteiger partial charge on any atom is -0.326 e. The summed E-state index contributed by atoms with van der Waals surface area (Å²) in [6, 6.07) is 11.3. The van der Waals surface area contributed by atoms with Crippen LogP contribution in [0.25, 0.3) is 0 Å². The number of nitrogens with one attached hydrogen (secondary N) is 2. The van der Waals surface area contributed by atoms with Gasteiger partial charge in [0.25, 0.3) is 0 Å². The minimum atomic E-state index is -0.288. The Morgan fingerprint density at radius 3 is 2.20 bits per heavy atom. The second-order valence-corrected chi connectivity index (χ2v) is 7.12. The number of halogens is 1. The Morgan fingerprint density at radius 1 is 0.960 bits per heavy atom. The van der Waals surface area contributed by atoms with Crippen LogP contribution in [0.1, 0.15) is 23.1 Å². The topological polar surface area (TPSA) is 58.2 Å². The predicted octanol–water partition coefficient (Wildman–Crippen LogP) is 4.48. The third-order valence-electron chi connectivity index (χ3n) is 4.48. The molecule has 2 aromatic carbocycles. The largest absolute Gasteiger partial charge is 0.326 e. The summed E-state index contributed by atoms with van der Waals surface area (Å²) in [5, 5.41) is 6.40. The molecule has 3 rings (SSSR count). The van der Waals surface area contributed by atoms with Gasteiger partial charge in [0.05, 0.1) is 11.8 Å². The maximum atomic E-state index is 12.4. The quantitative estimate of drug-likeness (QED) is 0.848. The molecule has 130 valence electrons. The zero-order valence-electron chi connectivity index (χ0n) is 14.5. The molecule has 5 heteroatoms. The normalized spacial score (nSPS) is 18.6. The highest BCUT2D eigenvalue weighted by Crippen LogP contribution is 2.40. The van der Waals surface area contributed by atoms with E-state index >= 15 is 0 Å². The number of aryl methyl sites for hydroxylation is 2. The summed E-state index contributed by atoms with van der Waals surface area (Å²) >= 11 is 6.07. The van der Waals surface area contributed by atoms with Crippen molar-refractivity contribution in [3.8, 4) is 0 Å². The maximum absolute atomic E-state index is 12.4. The number of amides is 2. The fourth-order valence-electron chi connectivity index (χ4n) is 3.02. The van der Waals surface area contributed by atoms with Crippen molar-refractivity contribution in [2.24, 2.45) is 11.8 Å². The second-order valence-electron chi connectivity index (χ2n) is 6.72. The van der Waals surface area contributed by atoms with Crippen LogP contribution in [0, 0.1) is 32.6 Å². The summed E-state index contributed by atoms with van der Waals surface area (Å²) in [7, 11) is 0. The molecule has 0 radical (unpaired) electrons. The molecule has 1 fully saturated rings. The molecule has 2 atom stereocenters. The van der Waals surface area contributed by atoms with E-state index in [0.29, 0.717) is 17.1 Å². The Balaban J connectivity index is 1.60. The summed E-state index contributed by atoms with van der Waals surface area (Å²) in [5.74, 6) is -0.802. The zero-order valence-corrected chi connectivity index (χ0v) is 15.3. The van der Waals surface area contributed by atoms with Crippen molar-refractivity contribution in [1.82, 2.24) is 0 Å². The van der Waals surface area contributed by atoms with E-state index in [9.17, 15) is 9.59 Å². The van der Waals surface area contributed by atoms with E-state index in [1.54, 1.807) is 12.1 Å². The fourth-order valence-corrected chi connectivity index (χ4v) is 3.20. The van der Waals surface area contributed by atoms with Crippen LogP contribution in [0.3, 0.4) is 0 Å². The average molecular weight is 357 g/mol. The lowest BCUT2D eigenvalue weighted by atomic mass is 10.1. The number of carbonyl (C=O) groups excluding carboxylic acids is 2. The molecule has 1 aliphatic rings. The Kier molecular flexibility index (Phi) is 4.82. The Hall–Kier alpha value is -2.33. The van der Waals surface area contributed by atoms with Gasteiger partial charge in [-0.15, -0.1) is 0 Å². The average Bonchev–Trinajstić information content (AvgIpc) is 3.31. The number of hydrogen-bond acceptors (Lipinski definition) is 2. The number of anilines is 2. The van der Waals surface area contributed by atoms with Crippen LogP contribution in [0.5, 0.6) is 0 Å². The SMILES string of the molecule is Cc1cc(C)cc(NC(=O)C2CC2C(=O)Nc2cccc(Cl)c2C)c1. The Labute approximate surface area is 152 Å². The van der Waals surface area contributed by atoms with Crippen LogP contribution in [-0.4, -0.2) is 11.8 Å². The van der Waals surface area contributed by atoms with E-state index in [-0.39, 0.29) is 23.7 Å². The molecular weight excluding hydrogens is 336 g/mol. The molecule has 1 saturated carbocycles. The second kappa shape index (κ2) is 6.89. The van der Waals surface area contributed by atoms with Gasteiger partial charge in [-0.1, -0.05) is 23.7 Å². The molecule has 2 unspecified atom stereocenters. The van der Waals surface area contributed by atoms with Gasteiger partial charge in [0.2, 0.25) is 11.8 Å². The van der Waals surface area contributed by atoms with E-state index in [0.717, 1.165) is 22.4 Å². The first-order valence-electron chi connectivity index (χ1n) is 8.30. The van der Waals surface area contributed by atoms with Crippen LogP contribution in [0.2, 0.25) is 5.02 Å². The molecule has 0 spiro atoms. The standard InChI is InChI=1S/C20H21ClN2O2/c1-11-7-12(2)9-14(8-11)22-19(24)15-10-16(15)20(25)23-18-6-4-5-17(21)13(18)3/h4-9,15-16H,10H2,1-3H3,(H,22,24)(H,23,25). The van der Waals surface area contributed by atoms with E-state index in [1.165, 1.54) is 0 Å². The van der Waals surface area contributed by atoms with Crippen molar-refractivity contribution in [3.05, 3.63) is 58.1 Å². The van der Waals surface area contributed by atoms with Crippen LogP contribution in [-0.2, 0) is 9.59 Å². The first-order valence-corrected chi connectivity index (χ1v) is 8.68. The van der Waals surface area contributed by atoms with Gasteiger partial charge in [-0.05, 0) is 68.1 Å². The smallest absolute Gasteiger partial charge is 0.228 e. The number of benzene rings is 2. The molecule has 1 aliphatic carbocycles. The van der Waals surface area contributed by atoms with Crippen LogP contribution in [0.15, 0.2) is 36.4 Å². The summed E-state index contributed by atoms with van der Waals surface area (Å²) in [4.78, 5) is 24.8. The summed E-state index contributed by atoms with van der Waals surface area (Å²) in [6.07, 6.45) is 0.572. The molecule has 0 aliphatic heterocycles. The van der Waals surface area contributed by atoms with Crippen LogP contribution < -0.4 is 10.6 Å². The number of carbonyl (C=O) groups is 2. The minimum absolute atomic E-state index is 0.104. The molecule has 2 N–H and O–H groups in total. The van der Waals surface area contributed by atoms with Crippen molar-refractivity contribution in [2.45, 2.75) is 27.2 Å².